The average molecular weight is 533 g/mol. The van der Waals surface area contributed by atoms with Gasteiger partial charge in [-0.25, -0.2) is 8.78 Å². The van der Waals surface area contributed by atoms with Crippen molar-refractivity contribution >= 4 is 11.4 Å². The summed E-state index contributed by atoms with van der Waals surface area (Å²) in [6, 6.07) is 26.4. The molecule has 0 aliphatic carbocycles. The van der Waals surface area contributed by atoms with Crippen molar-refractivity contribution < 1.29 is 24.1 Å². The maximum absolute atomic E-state index is 13.3. The van der Waals surface area contributed by atoms with Crippen LogP contribution in [-0.4, -0.2) is 15.3 Å². The second kappa shape index (κ2) is 14.1. The third-order valence-electron chi connectivity index (χ3n) is 5.70. The van der Waals surface area contributed by atoms with Gasteiger partial charge in [-0.15, -0.1) is 0 Å². The SMILES string of the molecule is C=CC(F)c1ccc(-c2ccc([N+](=O)[O-])cc2)cc1.C=CC(F)c1ccc(-c2ccc([N+](=O)[O-])cc2)cc1.O. The fourth-order valence-electron chi connectivity index (χ4n) is 3.54. The Hall–Kier alpha value is -5.02. The normalized spacial score (nSPS) is 11.5. The van der Waals surface area contributed by atoms with Crippen LogP contribution in [0.3, 0.4) is 0 Å². The Kier molecular flexibility index (Phi) is 10.9. The van der Waals surface area contributed by atoms with Crippen LogP contribution in [0.15, 0.2) is 122 Å². The number of nitro groups is 2. The van der Waals surface area contributed by atoms with E-state index in [1.54, 1.807) is 72.8 Å². The van der Waals surface area contributed by atoms with Gasteiger partial charge in [0.25, 0.3) is 11.4 Å². The largest absolute Gasteiger partial charge is 0.412 e. The maximum atomic E-state index is 13.3. The van der Waals surface area contributed by atoms with Gasteiger partial charge in [-0.3, -0.25) is 20.2 Å². The van der Waals surface area contributed by atoms with Crippen molar-refractivity contribution in [2.45, 2.75) is 12.3 Å². The molecular weight excluding hydrogens is 506 g/mol. The molecular formula is C30H26F2N2O5. The number of hydrogen-bond acceptors (Lipinski definition) is 4. The van der Waals surface area contributed by atoms with E-state index in [1.807, 2.05) is 0 Å². The predicted octanol–water partition coefficient (Wildman–Crippen LogP) is 8.09. The summed E-state index contributed by atoms with van der Waals surface area (Å²) < 4.78 is 26.7. The summed E-state index contributed by atoms with van der Waals surface area (Å²) in [4.78, 5) is 20.2. The number of allylic oxidation sites excluding steroid dienone is 2. The highest BCUT2D eigenvalue weighted by atomic mass is 19.1. The maximum Gasteiger partial charge on any atom is 0.269 e. The van der Waals surface area contributed by atoms with Crippen LogP contribution in [0.1, 0.15) is 23.5 Å². The Bertz CT molecular complexity index is 1300. The second-order valence-electron chi connectivity index (χ2n) is 8.13. The fraction of sp³-hybridized carbons (Fsp3) is 0.0667. The third-order valence-corrected chi connectivity index (χ3v) is 5.70. The number of halogens is 2. The van der Waals surface area contributed by atoms with Gasteiger partial charge in [-0.05, 0) is 57.6 Å². The molecule has 0 radical (unpaired) electrons. The lowest BCUT2D eigenvalue weighted by Gasteiger charge is -2.05. The Morgan fingerprint density at radius 2 is 0.769 bits per heavy atom. The molecule has 4 rings (SSSR count). The van der Waals surface area contributed by atoms with Crippen LogP contribution < -0.4 is 0 Å². The Labute approximate surface area is 224 Å². The molecule has 0 saturated carbocycles. The van der Waals surface area contributed by atoms with Crippen LogP contribution in [0, 0.1) is 20.2 Å². The summed E-state index contributed by atoms with van der Waals surface area (Å²) in [5, 5.41) is 21.1. The summed E-state index contributed by atoms with van der Waals surface area (Å²) in [5.41, 5.74) is 4.66. The molecule has 0 saturated heterocycles. The molecule has 2 atom stereocenters. The first-order valence-corrected chi connectivity index (χ1v) is 11.5. The molecule has 0 bridgehead atoms. The predicted molar refractivity (Wildman–Crippen MR) is 149 cm³/mol. The van der Waals surface area contributed by atoms with E-state index >= 15 is 0 Å². The van der Waals surface area contributed by atoms with Gasteiger partial charge in [-0.1, -0.05) is 73.8 Å². The van der Waals surface area contributed by atoms with Crippen molar-refractivity contribution in [2.75, 3.05) is 0 Å². The monoisotopic (exact) mass is 532 g/mol. The highest BCUT2D eigenvalue weighted by Gasteiger charge is 2.09. The lowest BCUT2D eigenvalue weighted by molar-refractivity contribution is -0.385. The highest BCUT2D eigenvalue weighted by molar-refractivity contribution is 5.66. The van der Waals surface area contributed by atoms with E-state index < -0.39 is 22.2 Å². The number of nitro benzene ring substituents is 2. The van der Waals surface area contributed by atoms with E-state index in [2.05, 4.69) is 13.2 Å². The van der Waals surface area contributed by atoms with Crippen molar-refractivity contribution in [3.63, 3.8) is 0 Å². The molecule has 0 fully saturated rings. The molecule has 7 nitrogen and oxygen atoms in total. The summed E-state index contributed by atoms with van der Waals surface area (Å²) >= 11 is 0. The van der Waals surface area contributed by atoms with E-state index in [4.69, 9.17) is 0 Å². The van der Waals surface area contributed by atoms with Gasteiger partial charge < -0.3 is 5.48 Å². The number of nitrogens with zero attached hydrogens (tertiary/aromatic N) is 2. The fourth-order valence-corrected chi connectivity index (χ4v) is 3.54. The van der Waals surface area contributed by atoms with Crippen molar-refractivity contribution in [2.24, 2.45) is 0 Å². The van der Waals surface area contributed by atoms with E-state index in [0.29, 0.717) is 11.1 Å². The first-order chi connectivity index (χ1) is 18.2. The van der Waals surface area contributed by atoms with E-state index in [-0.39, 0.29) is 16.9 Å². The van der Waals surface area contributed by atoms with Gasteiger partial charge in [0.15, 0.2) is 0 Å². The molecule has 200 valence electrons. The molecule has 0 aromatic heterocycles. The van der Waals surface area contributed by atoms with Gasteiger partial charge in [-0.2, -0.15) is 0 Å². The minimum atomic E-state index is -1.18. The molecule has 0 amide bonds. The van der Waals surface area contributed by atoms with Crippen LogP contribution in [0.2, 0.25) is 0 Å². The van der Waals surface area contributed by atoms with Crippen LogP contribution in [-0.2, 0) is 0 Å². The van der Waals surface area contributed by atoms with Crippen LogP contribution >= 0.6 is 0 Å². The molecule has 9 heteroatoms. The molecule has 4 aromatic rings. The van der Waals surface area contributed by atoms with Gasteiger partial charge in [0.05, 0.1) is 9.85 Å². The molecule has 4 aromatic carbocycles. The van der Waals surface area contributed by atoms with Crippen molar-refractivity contribution in [1.29, 1.82) is 0 Å². The molecule has 2 unspecified atom stereocenters. The smallest absolute Gasteiger partial charge is 0.269 e. The van der Waals surface area contributed by atoms with Gasteiger partial charge >= 0.3 is 0 Å². The number of benzene rings is 4. The number of alkyl halides is 2. The number of non-ortho nitro benzene ring substituents is 2. The Balaban J connectivity index is 0.000000267. The summed E-state index contributed by atoms with van der Waals surface area (Å²) in [7, 11) is 0. The second-order valence-corrected chi connectivity index (χ2v) is 8.13. The molecule has 39 heavy (non-hydrogen) atoms. The lowest BCUT2D eigenvalue weighted by Crippen LogP contribution is -1.88. The summed E-state index contributed by atoms with van der Waals surface area (Å²) in [6.45, 7) is 6.81. The highest BCUT2D eigenvalue weighted by Crippen LogP contribution is 2.27. The zero-order valence-electron chi connectivity index (χ0n) is 20.7. The van der Waals surface area contributed by atoms with Crippen LogP contribution in [0.4, 0.5) is 20.2 Å². The van der Waals surface area contributed by atoms with E-state index in [9.17, 15) is 29.0 Å². The quantitative estimate of drug-likeness (QED) is 0.129. The van der Waals surface area contributed by atoms with Gasteiger partial charge in [0.1, 0.15) is 12.3 Å². The molecule has 2 N–H and O–H groups in total. The first kappa shape index (κ1) is 30.2. The zero-order valence-corrected chi connectivity index (χ0v) is 20.7. The topological polar surface area (TPSA) is 118 Å². The van der Waals surface area contributed by atoms with Crippen molar-refractivity contribution in [1.82, 2.24) is 0 Å². The van der Waals surface area contributed by atoms with Gasteiger partial charge in [0.2, 0.25) is 0 Å². The average Bonchev–Trinajstić information content (AvgIpc) is 2.97. The zero-order chi connectivity index (χ0) is 27.7. The van der Waals surface area contributed by atoms with E-state index in [1.165, 1.54) is 36.4 Å². The van der Waals surface area contributed by atoms with Crippen molar-refractivity contribution in [3.8, 4) is 22.3 Å². The van der Waals surface area contributed by atoms with E-state index in [0.717, 1.165) is 22.3 Å². The summed E-state index contributed by atoms with van der Waals surface area (Å²) in [5.74, 6) is 0. The minimum absolute atomic E-state index is 0. The molecule has 0 aliphatic heterocycles. The Morgan fingerprint density at radius 1 is 0.538 bits per heavy atom. The lowest BCUT2D eigenvalue weighted by atomic mass is 10.0. The van der Waals surface area contributed by atoms with Crippen LogP contribution in [0.5, 0.6) is 0 Å². The first-order valence-electron chi connectivity index (χ1n) is 11.5. The number of rotatable bonds is 8. The summed E-state index contributed by atoms with van der Waals surface area (Å²) in [6.07, 6.45) is 0.124. The van der Waals surface area contributed by atoms with Gasteiger partial charge in [0, 0.05) is 24.3 Å². The van der Waals surface area contributed by atoms with Crippen molar-refractivity contribution in [3.05, 3.63) is 154 Å². The molecule has 0 spiro atoms. The minimum Gasteiger partial charge on any atom is -0.412 e. The molecule has 0 heterocycles. The standard InChI is InChI=1S/2C15H12FNO2.H2O/c2*1-2-15(16)13-5-3-11(4-6-13)12-7-9-14(10-8-12)17(18)19;/h2*2-10,15H,1H2;1H2. The molecule has 0 aliphatic rings. The Morgan fingerprint density at radius 3 is 0.974 bits per heavy atom. The van der Waals surface area contributed by atoms with Crippen LogP contribution in [0.25, 0.3) is 22.3 Å². The third kappa shape index (κ3) is 7.98. The number of hydrogen-bond donors (Lipinski definition) is 0.